The lowest BCUT2D eigenvalue weighted by Gasteiger charge is -2.00. The van der Waals surface area contributed by atoms with Gasteiger partial charge in [-0.15, -0.1) is 0 Å². The van der Waals surface area contributed by atoms with Crippen LogP contribution >= 0.6 is 0 Å². The molecule has 0 bridgehead atoms. The molecule has 0 radical (unpaired) electrons. The molecule has 1 atom stereocenters. The Morgan fingerprint density at radius 3 is 3.20 bits per heavy atom. The van der Waals surface area contributed by atoms with Gasteiger partial charge in [-0.1, -0.05) is 6.58 Å². The minimum Gasteiger partial charge on any atom is -0.358 e. The number of nitrogens with zero attached hydrogens (tertiary/aromatic N) is 1. The fourth-order valence-electron chi connectivity index (χ4n) is 0.631. The first-order valence-corrected chi connectivity index (χ1v) is 3.28. The van der Waals surface area contributed by atoms with Crippen LogP contribution in [0, 0.1) is 12.0 Å². The second-order valence-corrected chi connectivity index (χ2v) is 2.42. The minimum atomic E-state index is 0.202. The third kappa shape index (κ3) is 1.38. The summed E-state index contributed by atoms with van der Waals surface area (Å²) in [6.07, 6.45) is 1.83. The van der Waals surface area contributed by atoms with Crippen molar-refractivity contribution in [2.24, 2.45) is 5.92 Å². The Morgan fingerprint density at radius 1 is 1.80 bits per heavy atom. The van der Waals surface area contributed by atoms with Gasteiger partial charge < -0.3 is 5.32 Å². The number of nitrogens with one attached hydrogen (secondary N) is 1. The Hall–Kier alpha value is -1.23. The van der Waals surface area contributed by atoms with Crippen molar-refractivity contribution < 1.29 is 0 Å². The van der Waals surface area contributed by atoms with Crippen LogP contribution in [0.3, 0.4) is 0 Å². The molecule has 1 N–H and O–H groups in total. The average Bonchev–Trinajstić information content (AvgIpc) is 2.04. The molecule has 0 aromatic heterocycles. The van der Waals surface area contributed by atoms with Gasteiger partial charge in [0.2, 0.25) is 0 Å². The lowest BCUT2D eigenvalue weighted by atomic mass is 10.1. The Labute approximate surface area is 61.1 Å². The molecule has 2 nitrogen and oxygen atoms in total. The first-order chi connectivity index (χ1) is 4.70. The SMILES string of the molecule is C=C1NC=C(C)[N+]#CC1C. The van der Waals surface area contributed by atoms with Crippen LogP contribution in [0.25, 0.3) is 4.85 Å². The van der Waals surface area contributed by atoms with Gasteiger partial charge in [-0.3, -0.25) is 0 Å². The summed E-state index contributed by atoms with van der Waals surface area (Å²) in [6.45, 7) is 7.74. The predicted octanol–water partition coefficient (Wildman–Crippen LogP) is 1.93. The zero-order valence-electron chi connectivity index (χ0n) is 6.31. The first kappa shape index (κ1) is 6.88. The van der Waals surface area contributed by atoms with E-state index >= 15 is 0 Å². The van der Waals surface area contributed by atoms with Crippen LogP contribution in [0.2, 0.25) is 0 Å². The summed E-state index contributed by atoms with van der Waals surface area (Å²) in [6, 6.07) is 2.94. The van der Waals surface area contributed by atoms with Crippen LogP contribution in [0.4, 0.5) is 0 Å². The van der Waals surface area contributed by atoms with Gasteiger partial charge in [-0.05, 0) is 11.8 Å². The molecule has 0 aromatic rings. The lowest BCUT2D eigenvalue weighted by molar-refractivity contribution is 0.821. The molecule has 0 saturated carbocycles. The number of allylic oxidation sites excluding steroid dienone is 2. The third-order valence-corrected chi connectivity index (χ3v) is 1.42. The van der Waals surface area contributed by atoms with Crippen LogP contribution < -0.4 is 5.32 Å². The largest absolute Gasteiger partial charge is 0.358 e. The zero-order valence-corrected chi connectivity index (χ0v) is 6.31. The minimum absolute atomic E-state index is 0.202. The van der Waals surface area contributed by atoms with Gasteiger partial charge in [0.25, 0.3) is 6.07 Å². The Bertz CT molecular complexity index is 240. The van der Waals surface area contributed by atoms with E-state index in [-0.39, 0.29) is 5.92 Å². The standard InChI is InChI=1S/C8H11N2/c1-6-4-9-7(2)5-10-8(6)3/h5-6,10H,3H2,1-2H3/q+1. The van der Waals surface area contributed by atoms with Crippen molar-refractivity contribution >= 4 is 0 Å². The molecule has 1 unspecified atom stereocenters. The van der Waals surface area contributed by atoms with Crippen molar-refractivity contribution in [3.63, 3.8) is 0 Å². The maximum atomic E-state index is 4.04. The van der Waals surface area contributed by atoms with E-state index < -0.39 is 0 Å². The summed E-state index contributed by atoms with van der Waals surface area (Å²) < 4.78 is 0. The molecule has 0 aliphatic carbocycles. The molecule has 1 rings (SSSR count). The van der Waals surface area contributed by atoms with E-state index in [2.05, 4.69) is 22.8 Å². The van der Waals surface area contributed by atoms with E-state index in [4.69, 9.17) is 0 Å². The zero-order chi connectivity index (χ0) is 7.56. The molecule has 1 heterocycles. The third-order valence-electron chi connectivity index (χ3n) is 1.42. The molecular formula is C8H11N2+. The summed E-state index contributed by atoms with van der Waals surface area (Å²) in [5.41, 5.74) is 1.88. The van der Waals surface area contributed by atoms with Gasteiger partial charge in [0.1, 0.15) is 5.92 Å². The highest BCUT2D eigenvalue weighted by atomic mass is 14.9. The average molecular weight is 135 g/mol. The normalized spacial score (nSPS) is 23.6. The van der Waals surface area contributed by atoms with Gasteiger partial charge in [0.15, 0.2) is 0 Å². The van der Waals surface area contributed by atoms with Crippen LogP contribution in [0.5, 0.6) is 0 Å². The number of rotatable bonds is 0. The van der Waals surface area contributed by atoms with Crippen LogP contribution in [0.1, 0.15) is 13.8 Å². The monoisotopic (exact) mass is 135 g/mol. The molecule has 0 amide bonds. The van der Waals surface area contributed by atoms with Crippen molar-refractivity contribution in [3.8, 4) is 6.07 Å². The van der Waals surface area contributed by atoms with Gasteiger partial charge >= 0.3 is 5.70 Å². The summed E-state index contributed by atoms with van der Waals surface area (Å²) in [5, 5.41) is 3.03. The van der Waals surface area contributed by atoms with Crippen molar-refractivity contribution in [1.82, 2.24) is 5.32 Å². The molecule has 52 valence electrons. The van der Waals surface area contributed by atoms with Crippen molar-refractivity contribution in [2.75, 3.05) is 0 Å². The highest BCUT2D eigenvalue weighted by Gasteiger charge is 2.12. The van der Waals surface area contributed by atoms with Crippen molar-refractivity contribution in [1.29, 1.82) is 0 Å². The number of hydrogen-bond donors (Lipinski definition) is 1. The summed E-state index contributed by atoms with van der Waals surface area (Å²) in [5.74, 6) is 0.202. The lowest BCUT2D eigenvalue weighted by Crippen LogP contribution is -2.08. The van der Waals surface area contributed by atoms with E-state index in [0.717, 1.165) is 11.4 Å². The van der Waals surface area contributed by atoms with Gasteiger partial charge in [-0.25, -0.2) is 0 Å². The second-order valence-electron chi connectivity index (χ2n) is 2.42. The van der Waals surface area contributed by atoms with E-state index in [0.29, 0.717) is 0 Å². The quantitative estimate of drug-likeness (QED) is 0.537. The highest BCUT2D eigenvalue weighted by Crippen LogP contribution is 2.08. The van der Waals surface area contributed by atoms with Crippen LogP contribution in [0.15, 0.2) is 24.2 Å². The molecule has 2 heteroatoms. The van der Waals surface area contributed by atoms with E-state index in [9.17, 15) is 0 Å². The maximum Gasteiger partial charge on any atom is 0.329 e. The van der Waals surface area contributed by atoms with E-state index in [1.54, 1.807) is 0 Å². The Kier molecular flexibility index (Phi) is 1.77. The van der Waals surface area contributed by atoms with Crippen LogP contribution in [-0.4, -0.2) is 0 Å². The molecule has 0 spiro atoms. The van der Waals surface area contributed by atoms with Gasteiger partial charge in [-0.2, -0.15) is 0 Å². The Balaban J connectivity index is 2.86. The fourth-order valence-corrected chi connectivity index (χ4v) is 0.631. The van der Waals surface area contributed by atoms with Crippen molar-refractivity contribution in [3.05, 3.63) is 29.0 Å². The molecular weight excluding hydrogens is 124 g/mol. The smallest absolute Gasteiger partial charge is 0.329 e. The predicted molar refractivity (Wildman–Crippen MR) is 42.4 cm³/mol. The van der Waals surface area contributed by atoms with Crippen molar-refractivity contribution in [2.45, 2.75) is 13.8 Å². The summed E-state index contributed by atoms with van der Waals surface area (Å²) >= 11 is 0. The fraction of sp³-hybridized carbons (Fsp3) is 0.375. The summed E-state index contributed by atoms with van der Waals surface area (Å²) in [4.78, 5) is 4.04. The van der Waals surface area contributed by atoms with E-state index in [1.807, 2.05) is 20.0 Å². The van der Waals surface area contributed by atoms with Gasteiger partial charge in [0.05, 0.1) is 6.20 Å². The second kappa shape index (κ2) is 2.57. The number of hydrogen-bond acceptors (Lipinski definition) is 1. The Morgan fingerprint density at radius 2 is 2.50 bits per heavy atom. The topological polar surface area (TPSA) is 16.4 Å². The van der Waals surface area contributed by atoms with E-state index in [1.165, 1.54) is 0 Å². The van der Waals surface area contributed by atoms with Crippen LogP contribution in [-0.2, 0) is 0 Å². The molecule has 0 saturated heterocycles. The first-order valence-electron chi connectivity index (χ1n) is 3.28. The van der Waals surface area contributed by atoms with Gasteiger partial charge in [0, 0.05) is 12.6 Å². The molecule has 1 aliphatic rings. The summed E-state index contributed by atoms with van der Waals surface area (Å²) in [7, 11) is 0. The molecule has 0 aromatic carbocycles. The molecule has 10 heavy (non-hydrogen) atoms. The maximum absolute atomic E-state index is 4.04. The molecule has 0 fully saturated rings. The highest BCUT2D eigenvalue weighted by molar-refractivity contribution is 5.23. The molecule has 1 aliphatic heterocycles.